The fourth-order valence-electron chi connectivity index (χ4n) is 3.22. The molecular weight excluding hydrogens is 286 g/mol. The monoisotopic (exact) mass is 303 g/mol. The number of carboxylic acids is 1. The lowest BCUT2D eigenvalue weighted by molar-refractivity contribution is 0.0688. The quantitative estimate of drug-likeness (QED) is 0.922. The molecule has 0 amide bonds. The number of hydrogen-bond acceptors (Lipinski definition) is 5. The second-order valence-corrected chi connectivity index (χ2v) is 6.20. The summed E-state index contributed by atoms with van der Waals surface area (Å²) in [6.07, 6.45) is 3.24. The van der Waals surface area contributed by atoms with Gasteiger partial charge in [-0.05, 0) is 25.7 Å². The van der Waals surface area contributed by atoms with E-state index in [1.807, 2.05) is 20.0 Å². The van der Waals surface area contributed by atoms with E-state index in [0.29, 0.717) is 23.5 Å². The Kier molecular flexibility index (Phi) is 2.87. The Morgan fingerprint density at radius 1 is 1.36 bits per heavy atom. The van der Waals surface area contributed by atoms with Crippen LogP contribution in [0.4, 0.5) is 0 Å². The maximum Gasteiger partial charge on any atom is 0.342 e. The molecule has 2 fully saturated rings. The Labute approximate surface area is 126 Å². The largest absolute Gasteiger partial charge is 0.477 e. The molecule has 2 atom stereocenters. The van der Waals surface area contributed by atoms with E-state index >= 15 is 0 Å². The van der Waals surface area contributed by atoms with Gasteiger partial charge >= 0.3 is 5.97 Å². The number of nitrogens with zero attached hydrogens (tertiary/aromatic N) is 3. The van der Waals surface area contributed by atoms with Crippen LogP contribution in [0.1, 0.15) is 35.8 Å². The van der Waals surface area contributed by atoms with Crippen LogP contribution < -0.4 is 4.74 Å². The molecule has 2 aromatic heterocycles. The fraction of sp³-hybridized carbons (Fsp3) is 0.533. The number of hydrogen-bond donors (Lipinski definition) is 1. The summed E-state index contributed by atoms with van der Waals surface area (Å²) in [5.41, 5.74) is 1.01. The van der Waals surface area contributed by atoms with Crippen LogP contribution in [0.2, 0.25) is 0 Å². The lowest BCUT2D eigenvalue weighted by Gasteiger charge is -2.10. The summed E-state index contributed by atoms with van der Waals surface area (Å²) in [5.74, 6) is 1.05. The van der Waals surface area contributed by atoms with Crippen LogP contribution >= 0.6 is 0 Å². The van der Waals surface area contributed by atoms with Crippen molar-refractivity contribution in [1.29, 1.82) is 0 Å². The van der Waals surface area contributed by atoms with Crippen LogP contribution in [0.3, 0.4) is 0 Å². The molecule has 2 unspecified atom stereocenters. The van der Waals surface area contributed by atoms with Crippen molar-refractivity contribution in [2.24, 2.45) is 11.8 Å². The van der Waals surface area contributed by atoms with E-state index in [-0.39, 0.29) is 17.5 Å². The Hall–Kier alpha value is -2.15. The average Bonchev–Trinajstić information content (AvgIpc) is 2.83. The Morgan fingerprint density at radius 2 is 2.09 bits per heavy atom. The van der Waals surface area contributed by atoms with E-state index in [4.69, 9.17) is 9.47 Å². The fourth-order valence-corrected chi connectivity index (χ4v) is 3.22. The van der Waals surface area contributed by atoms with Gasteiger partial charge in [0.15, 0.2) is 0 Å². The van der Waals surface area contributed by atoms with Crippen molar-refractivity contribution in [2.75, 3.05) is 13.2 Å². The Balaban J connectivity index is 1.74. The maximum atomic E-state index is 11.4. The molecule has 2 aromatic rings. The van der Waals surface area contributed by atoms with Crippen molar-refractivity contribution >= 4 is 11.7 Å². The molecule has 1 aliphatic heterocycles. The minimum Gasteiger partial charge on any atom is -0.477 e. The van der Waals surface area contributed by atoms with E-state index in [9.17, 15) is 9.90 Å². The lowest BCUT2D eigenvalue weighted by Crippen LogP contribution is -2.12. The molecule has 1 N–H and O–H groups in total. The van der Waals surface area contributed by atoms with Crippen LogP contribution in [0.15, 0.2) is 12.4 Å². The number of aromatic nitrogens is 3. The van der Waals surface area contributed by atoms with Gasteiger partial charge in [0, 0.05) is 18.3 Å². The summed E-state index contributed by atoms with van der Waals surface area (Å²) in [4.78, 5) is 20.2. The highest BCUT2D eigenvalue weighted by molar-refractivity contribution is 5.90. The SMILES string of the molecule is CC(C)Oc1nc2nc(C3C4COCC43)cn2cc1C(=O)O. The van der Waals surface area contributed by atoms with Gasteiger partial charge in [-0.2, -0.15) is 4.98 Å². The standard InChI is InChI=1S/C15H17N3O4/c1-7(2)22-13-8(14(19)20)3-18-4-11(16-15(18)17-13)12-9-5-21-6-10(9)12/h3-4,7,9-10,12H,5-6H2,1-2H3,(H,19,20). The van der Waals surface area contributed by atoms with Gasteiger partial charge in [0.25, 0.3) is 0 Å². The molecule has 1 saturated carbocycles. The van der Waals surface area contributed by atoms with Gasteiger partial charge in [0.2, 0.25) is 11.7 Å². The first kappa shape index (κ1) is 13.5. The van der Waals surface area contributed by atoms with Gasteiger partial charge in [-0.15, -0.1) is 0 Å². The predicted octanol–water partition coefficient (Wildman–Crippen LogP) is 1.57. The minimum atomic E-state index is -1.06. The molecule has 4 rings (SSSR count). The topological polar surface area (TPSA) is 86.0 Å². The number of carbonyl (C=O) groups is 1. The summed E-state index contributed by atoms with van der Waals surface area (Å²) < 4.78 is 12.6. The normalized spacial score (nSPS) is 26.4. The minimum absolute atomic E-state index is 0.0458. The zero-order valence-electron chi connectivity index (χ0n) is 12.4. The first-order valence-corrected chi connectivity index (χ1v) is 7.42. The van der Waals surface area contributed by atoms with E-state index in [1.54, 1.807) is 4.40 Å². The first-order chi connectivity index (χ1) is 10.5. The van der Waals surface area contributed by atoms with E-state index in [0.717, 1.165) is 18.9 Å². The summed E-state index contributed by atoms with van der Waals surface area (Å²) in [6.45, 7) is 5.25. The molecule has 116 valence electrons. The van der Waals surface area contributed by atoms with Gasteiger partial charge in [-0.25, -0.2) is 9.78 Å². The summed E-state index contributed by atoms with van der Waals surface area (Å²) in [7, 11) is 0. The number of rotatable bonds is 4. The molecule has 2 aliphatic rings. The second-order valence-electron chi connectivity index (χ2n) is 6.20. The van der Waals surface area contributed by atoms with Crippen LogP contribution in [0.5, 0.6) is 5.88 Å². The third-order valence-corrected chi connectivity index (χ3v) is 4.30. The number of ether oxygens (including phenoxy) is 2. The number of aromatic carboxylic acids is 1. The smallest absolute Gasteiger partial charge is 0.342 e. The van der Waals surface area contributed by atoms with Gasteiger partial charge < -0.3 is 14.6 Å². The molecule has 0 aromatic carbocycles. The number of carboxylic acid groups (broad SMARTS) is 1. The first-order valence-electron chi connectivity index (χ1n) is 7.42. The molecule has 0 spiro atoms. The van der Waals surface area contributed by atoms with E-state index in [1.165, 1.54) is 6.20 Å². The Bertz CT molecular complexity index is 745. The zero-order valence-corrected chi connectivity index (χ0v) is 12.4. The molecule has 1 aliphatic carbocycles. The number of fused-ring (bicyclic) bond motifs is 2. The maximum absolute atomic E-state index is 11.4. The highest BCUT2D eigenvalue weighted by Gasteiger charge is 2.55. The van der Waals surface area contributed by atoms with Crippen molar-refractivity contribution in [3.63, 3.8) is 0 Å². The predicted molar refractivity (Wildman–Crippen MR) is 76.3 cm³/mol. The third kappa shape index (κ3) is 2.04. The van der Waals surface area contributed by atoms with Crippen molar-refractivity contribution in [3.05, 3.63) is 23.7 Å². The summed E-state index contributed by atoms with van der Waals surface area (Å²) >= 11 is 0. The van der Waals surface area contributed by atoms with Crippen LogP contribution in [0, 0.1) is 11.8 Å². The highest BCUT2D eigenvalue weighted by Crippen LogP contribution is 2.57. The van der Waals surface area contributed by atoms with Crippen molar-refractivity contribution in [2.45, 2.75) is 25.9 Å². The van der Waals surface area contributed by atoms with Crippen LogP contribution in [-0.4, -0.2) is 44.8 Å². The van der Waals surface area contributed by atoms with E-state index < -0.39 is 5.97 Å². The molecule has 22 heavy (non-hydrogen) atoms. The van der Waals surface area contributed by atoms with Crippen molar-refractivity contribution in [1.82, 2.24) is 14.4 Å². The molecule has 7 heteroatoms. The molecule has 0 radical (unpaired) electrons. The second kappa shape index (κ2) is 4.67. The summed E-state index contributed by atoms with van der Waals surface area (Å²) in [5, 5.41) is 9.33. The average molecular weight is 303 g/mol. The van der Waals surface area contributed by atoms with Gasteiger partial charge in [-0.3, -0.25) is 4.40 Å². The van der Waals surface area contributed by atoms with Gasteiger partial charge in [0.05, 0.1) is 25.0 Å². The van der Waals surface area contributed by atoms with E-state index in [2.05, 4.69) is 9.97 Å². The lowest BCUT2D eigenvalue weighted by atomic mass is 10.2. The number of imidazole rings is 1. The molecule has 3 heterocycles. The Morgan fingerprint density at radius 3 is 2.73 bits per heavy atom. The van der Waals surface area contributed by atoms with Gasteiger partial charge in [0.1, 0.15) is 5.56 Å². The van der Waals surface area contributed by atoms with Gasteiger partial charge in [-0.1, -0.05) is 0 Å². The molecule has 1 saturated heterocycles. The zero-order chi connectivity index (χ0) is 15.4. The van der Waals surface area contributed by atoms with Crippen molar-refractivity contribution in [3.8, 4) is 5.88 Å². The summed E-state index contributed by atoms with van der Waals surface area (Å²) in [6, 6.07) is 0. The van der Waals surface area contributed by atoms with Crippen molar-refractivity contribution < 1.29 is 19.4 Å². The molecule has 7 nitrogen and oxygen atoms in total. The third-order valence-electron chi connectivity index (χ3n) is 4.30. The molecular formula is C15H17N3O4. The molecule has 0 bridgehead atoms. The highest BCUT2D eigenvalue weighted by atomic mass is 16.5. The van der Waals surface area contributed by atoms with Crippen LogP contribution in [-0.2, 0) is 4.74 Å². The van der Waals surface area contributed by atoms with Crippen LogP contribution in [0.25, 0.3) is 5.78 Å².